The highest BCUT2D eigenvalue weighted by Crippen LogP contribution is 2.26. The molecule has 0 heterocycles. The van der Waals surface area contributed by atoms with Crippen molar-refractivity contribution in [2.24, 2.45) is 0 Å². The second kappa shape index (κ2) is 4.62. The van der Waals surface area contributed by atoms with Gasteiger partial charge in [-0.05, 0) is 34.5 Å². The van der Waals surface area contributed by atoms with Crippen LogP contribution in [0.1, 0.15) is 5.56 Å². The van der Waals surface area contributed by atoms with Crippen LogP contribution in [0.4, 0.5) is 5.69 Å². The molecule has 0 aliphatic heterocycles. The van der Waals surface area contributed by atoms with Gasteiger partial charge < -0.3 is 5.32 Å². The number of anilines is 1. The number of aryl methyl sites for hydroxylation is 1. The second-order valence-electron chi connectivity index (χ2n) is 2.79. The van der Waals surface area contributed by atoms with E-state index in [-0.39, 0.29) is 10.9 Å². The SMILES string of the molecule is C=C(Cl)C(=O)Nc1c(C)cccc1Br. The van der Waals surface area contributed by atoms with Gasteiger partial charge in [0, 0.05) is 4.47 Å². The van der Waals surface area contributed by atoms with Crippen LogP contribution in [0.5, 0.6) is 0 Å². The molecule has 0 aliphatic rings. The van der Waals surface area contributed by atoms with Crippen molar-refractivity contribution in [2.75, 3.05) is 5.32 Å². The van der Waals surface area contributed by atoms with Crippen molar-refractivity contribution in [3.8, 4) is 0 Å². The minimum Gasteiger partial charge on any atom is -0.320 e. The molecule has 14 heavy (non-hydrogen) atoms. The summed E-state index contributed by atoms with van der Waals surface area (Å²) in [5.41, 5.74) is 1.69. The predicted octanol–water partition coefficient (Wildman–Crippen LogP) is 3.45. The normalized spacial score (nSPS) is 9.64. The molecular formula is C10H9BrClNO. The highest BCUT2D eigenvalue weighted by molar-refractivity contribution is 9.10. The number of carbonyl (C=O) groups excluding carboxylic acids is 1. The van der Waals surface area contributed by atoms with E-state index < -0.39 is 0 Å². The van der Waals surface area contributed by atoms with Crippen LogP contribution < -0.4 is 5.32 Å². The van der Waals surface area contributed by atoms with Crippen molar-refractivity contribution in [3.63, 3.8) is 0 Å². The molecule has 0 bridgehead atoms. The van der Waals surface area contributed by atoms with Gasteiger partial charge in [0.1, 0.15) is 0 Å². The summed E-state index contributed by atoms with van der Waals surface area (Å²) in [6.07, 6.45) is 0. The Morgan fingerprint density at radius 1 is 1.57 bits per heavy atom. The lowest BCUT2D eigenvalue weighted by Crippen LogP contribution is -2.12. The Bertz CT molecular complexity index is 369. The summed E-state index contributed by atoms with van der Waals surface area (Å²) in [6, 6.07) is 5.64. The van der Waals surface area contributed by atoms with E-state index in [2.05, 4.69) is 27.8 Å². The molecule has 0 saturated carbocycles. The van der Waals surface area contributed by atoms with Crippen LogP contribution in [-0.2, 0) is 4.79 Å². The number of amides is 1. The smallest absolute Gasteiger partial charge is 0.266 e. The third-order valence-electron chi connectivity index (χ3n) is 1.71. The summed E-state index contributed by atoms with van der Waals surface area (Å²) in [4.78, 5) is 11.3. The molecule has 1 aromatic rings. The van der Waals surface area contributed by atoms with Crippen LogP contribution in [-0.4, -0.2) is 5.91 Å². The Labute approximate surface area is 96.1 Å². The molecule has 0 aliphatic carbocycles. The van der Waals surface area contributed by atoms with Crippen molar-refractivity contribution in [3.05, 3.63) is 39.8 Å². The third-order valence-corrected chi connectivity index (χ3v) is 2.54. The van der Waals surface area contributed by atoms with Crippen molar-refractivity contribution < 1.29 is 4.79 Å². The predicted molar refractivity (Wildman–Crippen MR) is 62.5 cm³/mol. The zero-order valence-electron chi connectivity index (χ0n) is 7.60. The van der Waals surface area contributed by atoms with E-state index in [9.17, 15) is 4.79 Å². The van der Waals surface area contributed by atoms with E-state index in [4.69, 9.17) is 11.6 Å². The van der Waals surface area contributed by atoms with Crippen LogP contribution in [0.15, 0.2) is 34.3 Å². The van der Waals surface area contributed by atoms with Gasteiger partial charge >= 0.3 is 0 Å². The van der Waals surface area contributed by atoms with Crippen molar-refractivity contribution in [2.45, 2.75) is 6.92 Å². The number of hydrogen-bond acceptors (Lipinski definition) is 1. The standard InChI is InChI=1S/C10H9BrClNO/c1-6-4-3-5-8(11)9(6)13-10(14)7(2)12/h3-5H,2H2,1H3,(H,13,14). The summed E-state index contributed by atoms with van der Waals surface area (Å²) >= 11 is 8.80. The summed E-state index contributed by atoms with van der Waals surface area (Å²) in [5, 5.41) is 2.63. The number of rotatable bonds is 2. The third kappa shape index (κ3) is 2.59. The minimum absolute atomic E-state index is 0.0276. The van der Waals surface area contributed by atoms with Gasteiger partial charge in [-0.3, -0.25) is 4.79 Å². The molecule has 1 amide bonds. The first-order valence-corrected chi connectivity index (χ1v) is 5.10. The Balaban J connectivity index is 2.97. The highest BCUT2D eigenvalue weighted by atomic mass is 79.9. The van der Waals surface area contributed by atoms with E-state index in [1.807, 2.05) is 25.1 Å². The molecule has 0 aromatic heterocycles. The van der Waals surface area contributed by atoms with Crippen LogP contribution in [0, 0.1) is 6.92 Å². The molecule has 1 rings (SSSR count). The van der Waals surface area contributed by atoms with Gasteiger partial charge in [0.2, 0.25) is 0 Å². The van der Waals surface area contributed by atoms with Crippen LogP contribution in [0.25, 0.3) is 0 Å². The lowest BCUT2D eigenvalue weighted by molar-refractivity contribution is -0.112. The second-order valence-corrected chi connectivity index (χ2v) is 4.10. The van der Waals surface area contributed by atoms with Gasteiger partial charge in [0.05, 0.1) is 10.7 Å². The van der Waals surface area contributed by atoms with Gasteiger partial charge in [-0.25, -0.2) is 0 Å². The van der Waals surface area contributed by atoms with Crippen molar-refractivity contribution >= 4 is 39.1 Å². The highest BCUT2D eigenvalue weighted by Gasteiger charge is 2.08. The fraction of sp³-hybridized carbons (Fsp3) is 0.100. The molecule has 0 atom stereocenters. The first-order chi connectivity index (χ1) is 6.52. The zero-order chi connectivity index (χ0) is 10.7. The first-order valence-electron chi connectivity index (χ1n) is 3.93. The van der Waals surface area contributed by atoms with Crippen LogP contribution >= 0.6 is 27.5 Å². The maximum atomic E-state index is 11.3. The largest absolute Gasteiger partial charge is 0.320 e. The minimum atomic E-state index is -0.387. The Hall–Kier alpha value is -0.800. The number of benzene rings is 1. The fourth-order valence-electron chi connectivity index (χ4n) is 0.972. The van der Waals surface area contributed by atoms with Gasteiger partial charge in [-0.15, -0.1) is 0 Å². The molecule has 1 N–H and O–H groups in total. The average Bonchev–Trinajstić information content (AvgIpc) is 2.11. The molecular weight excluding hydrogens is 265 g/mol. The maximum Gasteiger partial charge on any atom is 0.266 e. The lowest BCUT2D eigenvalue weighted by Gasteiger charge is -2.09. The molecule has 1 aromatic carbocycles. The lowest BCUT2D eigenvalue weighted by atomic mass is 10.2. The van der Waals surface area contributed by atoms with E-state index >= 15 is 0 Å². The summed E-state index contributed by atoms with van der Waals surface area (Å²) in [5.74, 6) is -0.387. The number of carbonyl (C=O) groups is 1. The molecule has 0 unspecified atom stereocenters. The number of nitrogens with one attached hydrogen (secondary N) is 1. The van der Waals surface area contributed by atoms with E-state index in [1.54, 1.807) is 0 Å². The number of para-hydroxylation sites is 1. The first kappa shape index (κ1) is 11.3. The Morgan fingerprint density at radius 3 is 2.71 bits per heavy atom. The van der Waals surface area contributed by atoms with Gasteiger partial charge in [0.25, 0.3) is 5.91 Å². The van der Waals surface area contributed by atoms with E-state index in [1.165, 1.54) is 0 Å². The molecule has 0 fully saturated rings. The van der Waals surface area contributed by atoms with E-state index in [0.29, 0.717) is 0 Å². The number of halogens is 2. The quantitative estimate of drug-likeness (QED) is 0.822. The molecule has 0 saturated heterocycles. The molecule has 0 spiro atoms. The summed E-state index contributed by atoms with van der Waals surface area (Å²) in [6.45, 7) is 5.25. The van der Waals surface area contributed by atoms with Gasteiger partial charge in [-0.2, -0.15) is 0 Å². The average molecular weight is 275 g/mol. The fourth-order valence-corrected chi connectivity index (χ4v) is 1.58. The number of hydrogen-bond donors (Lipinski definition) is 1. The van der Waals surface area contributed by atoms with Crippen molar-refractivity contribution in [1.29, 1.82) is 0 Å². The summed E-state index contributed by atoms with van der Waals surface area (Å²) in [7, 11) is 0. The van der Waals surface area contributed by atoms with Gasteiger partial charge in [-0.1, -0.05) is 30.3 Å². The monoisotopic (exact) mass is 273 g/mol. The van der Waals surface area contributed by atoms with E-state index in [0.717, 1.165) is 15.7 Å². The molecule has 74 valence electrons. The van der Waals surface area contributed by atoms with Crippen molar-refractivity contribution in [1.82, 2.24) is 0 Å². The molecule has 4 heteroatoms. The topological polar surface area (TPSA) is 29.1 Å². The zero-order valence-corrected chi connectivity index (χ0v) is 9.95. The molecule has 2 nitrogen and oxygen atoms in total. The van der Waals surface area contributed by atoms with Crippen LogP contribution in [0.3, 0.4) is 0 Å². The summed E-state index contributed by atoms with van der Waals surface area (Å²) < 4.78 is 0.823. The molecule has 0 radical (unpaired) electrons. The van der Waals surface area contributed by atoms with Crippen LogP contribution in [0.2, 0.25) is 0 Å². The van der Waals surface area contributed by atoms with Gasteiger partial charge in [0.15, 0.2) is 0 Å². The maximum absolute atomic E-state index is 11.3. The Kier molecular flexibility index (Phi) is 3.72. The Morgan fingerprint density at radius 2 is 2.21 bits per heavy atom.